The van der Waals surface area contributed by atoms with Crippen LogP contribution in [0.4, 0.5) is 23.7 Å². The fourth-order valence-corrected chi connectivity index (χ4v) is 3.35. The summed E-state index contributed by atoms with van der Waals surface area (Å²) in [6.07, 6.45) is -3.85. The van der Waals surface area contributed by atoms with Crippen LogP contribution in [0.2, 0.25) is 5.02 Å². The zero-order valence-electron chi connectivity index (χ0n) is 14.8. The molecule has 0 aliphatic rings. The van der Waals surface area contributed by atoms with Crippen molar-refractivity contribution < 1.29 is 35.9 Å². The molecule has 3 N–H and O–H groups in total. The minimum absolute atomic E-state index is 0.0188. The number of anilines is 1. The third-order valence-corrected chi connectivity index (χ3v) is 5.03. The van der Waals surface area contributed by atoms with Gasteiger partial charge in [0.15, 0.2) is 0 Å². The molecule has 7 nitrogen and oxygen atoms in total. The zero-order chi connectivity index (χ0) is 21.5. The fourth-order valence-electron chi connectivity index (χ4n) is 2.22. The van der Waals surface area contributed by atoms with Gasteiger partial charge in [0.25, 0.3) is 10.0 Å². The lowest BCUT2D eigenvalue weighted by Crippen LogP contribution is -2.35. The van der Waals surface area contributed by atoms with Crippen LogP contribution in [-0.2, 0) is 21.8 Å². The maximum absolute atomic E-state index is 13.2. The van der Waals surface area contributed by atoms with Crippen LogP contribution in [0.15, 0.2) is 34.0 Å². The Morgan fingerprint density at radius 3 is 2.32 bits per heavy atom. The lowest BCUT2D eigenvalue weighted by molar-refractivity contribution is -0.136. The maximum Gasteiger partial charge on any atom is 0.418 e. The van der Waals surface area contributed by atoms with E-state index in [1.54, 1.807) is 4.72 Å². The number of aliphatic hydroxyl groups is 1. The highest BCUT2D eigenvalue weighted by Gasteiger charge is 2.35. The molecule has 0 spiro atoms. The molecular weight excluding hydrogens is 425 g/mol. The summed E-state index contributed by atoms with van der Waals surface area (Å²) in [5.74, 6) is 0. The Kier molecular flexibility index (Phi) is 5.75. The minimum Gasteiger partial charge on any atom is -0.451 e. The van der Waals surface area contributed by atoms with Crippen LogP contribution in [0.25, 0.3) is 0 Å². The molecule has 0 atom stereocenters. The maximum atomic E-state index is 13.2. The Morgan fingerprint density at radius 2 is 1.82 bits per heavy atom. The highest BCUT2D eigenvalue weighted by atomic mass is 35.5. The number of urea groups is 1. The van der Waals surface area contributed by atoms with Crippen molar-refractivity contribution in [2.24, 2.45) is 0 Å². The van der Waals surface area contributed by atoms with E-state index in [1.165, 1.54) is 26.8 Å². The third-order valence-electron chi connectivity index (χ3n) is 3.62. The number of halogens is 4. The molecule has 1 heterocycles. The van der Waals surface area contributed by atoms with Gasteiger partial charge in [-0.05, 0) is 38.5 Å². The minimum atomic E-state index is -4.83. The van der Waals surface area contributed by atoms with Gasteiger partial charge in [-0.2, -0.15) is 21.6 Å². The van der Waals surface area contributed by atoms with Crippen molar-refractivity contribution in [1.82, 2.24) is 4.72 Å². The van der Waals surface area contributed by atoms with E-state index >= 15 is 0 Å². The van der Waals surface area contributed by atoms with Crippen molar-refractivity contribution in [1.29, 1.82) is 0 Å². The second-order valence-corrected chi connectivity index (χ2v) is 8.47. The van der Waals surface area contributed by atoms with Crippen molar-refractivity contribution in [2.75, 3.05) is 5.32 Å². The summed E-state index contributed by atoms with van der Waals surface area (Å²) in [4.78, 5) is 12.0. The number of carbonyl (C=O) groups is 1. The lowest BCUT2D eigenvalue weighted by atomic mass is 10.0. The largest absolute Gasteiger partial charge is 0.451 e. The predicted octanol–water partition coefficient (Wildman–Crippen LogP) is 4.00. The summed E-state index contributed by atoms with van der Waals surface area (Å²) in [5.41, 5.74) is -3.16. The Bertz CT molecular complexity index is 1010. The number of furan rings is 1. The molecule has 0 radical (unpaired) electrons. The summed E-state index contributed by atoms with van der Waals surface area (Å²) in [7, 11) is -4.54. The van der Waals surface area contributed by atoms with Gasteiger partial charge in [0.1, 0.15) is 0 Å². The van der Waals surface area contributed by atoms with Gasteiger partial charge >= 0.3 is 12.2 Å². The van der Waals surface area contributed by atoms with Gasteiger partial charge in [-0.25, -0.2) is 9.52 Å². The van der Waals surface area contributed by atoms with Crippen LogP contribution in [0.3, 0.4) is 0 Å². The number of carbonyl (C=O) groups excluding carboxylic acids is 1. The second kappa shape index (κ2) is 7.30. The van der Waals surface area contributed by atoms with Gasteiger partial charge in [-0.3, -0.25) is 0 Å². The van der Waals surface area contributed by atoms with Crippen molar-refractivity contribution in [3.63, 3.8) is 0 Å². The van der Waals surface area contributed by atoms with Crippen molar-refractivity contribution in [3.8, 4) is 0 Å². The molecule has 28 heavy (non-hydrogen) atoms. The van der Waals surface area contributed by atoms with E-state index < -0.39 is 44.2 Å². The first-order valence-electron chi connectivity index (χ1n) is 7.64. The summed E-state index contributed by atoms with van der Waals surface area (Å²) < 4.78 is 70.4. The zero-order valence-corrected chi connectivity index (χ0v) is 16.4. The molecule has 0 fully saturated rings. The van der Waals surface area contributed by atoms with Crippen LogP contribution >= 0.6 is 11.6 Å². The highest BCUT2D eigenvalue weighted by Crippen LogP contribution is 2.38. The molecule has 2 aromatic rings. The van der Waals surface area contributed by atoms with Crippen LogP contribution in [0.5, 0.6) is 0 Å². The molecule has 12 heteroatoms. The molecule has 0 aliphatic carbocycles. The van der Waals surface area contributed by atoms with E-state index in [-0.39, 0.29) is 16.1 Å². The van der Waals surface area contributed by atoms with Crippen LogP contribution in [-0.4, -0.2) is 19.6 Å². The van der Waals surface area contributed by atoms with Gasteiger partial charge in [0.2, 0.25) is 5.09 Å². The monoisotopic (exact) mass is 440 g/mol. The normalized spacial score (nSPS) is 12.7. The molecule has 2 amide bonds. The van der Waals surface area contributed by atoms with Gasteiger partial charge in [0, 0.05) is 16.7 Å². The molecule has 0 saturated carbocycles. The molecule has 0 bridgehead atoms. The fraction of sp³-hybridized carbons (Fsp3) is 0.312. The quantitative estimate of drug-likeness (QED) is 0.666. The second-order valence-electron chi connectivity index (χ2n) is 6.42. The smallest absolute Gasteiger partial charge is 0.418 e. The number of amides is 2. The number of alkyl halides is 3. The summed E-state index contributed by atoms with van der Waals surface area (Å²) >= 11 is 5.63. The van der Waals surface area contributed by atoms with Crippen LogP contribution < -0.4 is 10.0 Å². The van der Waals surface area contributed by atoms with Crippen molar-refractivity contribution in [2.45, 2.75) is 37.6 Å². The van der Waals surface area contributed by atoms with E-state index in [1.807, 2.05) is 5.32 Å². The number of sulfonamides is 1. The number of aryl methyl sites for hydroxylation is 1. The van der Waals surface area contributed by atoms with E-state index in [0.717, 1.165) is 12.3 Å². The first-order valence-corrected chi connectivity index (χ1v) is 9.50. The predicted molar refractivity (Wildman–Crippen MR) is 94.5 cm³/mol. The highest BCUT2D eigenvalue weighted by molar-refractivity contribution is 7.89. The van der Waals surface area contributed by atoms with E-state index in [4.69, 9.17) is 16.0 Å². The molecule has 1 aromatic carbocycles. The van der Waals surface area contributed by atoms with Crippen LogP contribution in [0.1, 0.15) is 30.5 Å². The summed E-state index contributed by atoms with van der Waals surface area (Å²) in [6, 6.07) is 1.35. The van der Waals surface area contributed by atoms with Gasteiger partial charge in [0.05, 0.1) is 23.1 Å². The van der Waals surface area contributed by atoms with Gasteiger partial charge in [-0.15, -0.1) is 0 Å². The molecular formula is C16H16ClF3N2O5S. The van der Waals surface area contributed by atoms with E-state index in [0.29, 0.717) is 6.07 Å². The van der Waals surface area contributed by atoms with E-state index in [2.05, 4.69) is 0 Å². The van der Waals surface area contributed by atoms with Gasteiger partial charge < -0.3 is 14.8 Å². The Balaban J connectivity index is 2.28. The molecule has 0 aliphatic heterocycles. The topological polar surface area (TPSA) is 109 Å². The molecule has 1 aromatic heterocycles. The SMILES string of the molecule is Cc1cc(Cl)cc(C(F)(F)F)c1NC(=O)NS(=O)(=O)c1cc(C(C)(C)O)co1. The third kappa shape index (κ3) is 4.97. The Morgan fingerprint density at radius 1 is 1.21 bits per heavy atom. The summed E-state index contributed by atoms with van der Waals surface area (Å²) in [5, 5.41) is 10.8. The Labute approximate surface area is 163 Å². The summed E-state index contributed by atoms with van der Waals surface area (Å²) in [6.45, 7) is 4.04. The average Bonchev–Trinajstić information content (AvgIpc) is 2.99. The standard InChI is InChI=1S/C16H16ClF3N2O5S/c1-8-4-10(17)6-11(16(18,19)20)13(8)21-14(23)22-28(25,26)12-5-9(7-27-12)15(2,3)24/h4-7,24H,1-3H3,(H2,21,22,23). The number of nitrogens with one attached hydrogen (secondary N) is 2. The van der Waals surface area contributed by atoms with Gasteiger partial charge in [-0.1, -0.05) is 11.6 Å². The first kappa shape index (κ1) is 22.1. The molecule has 0 unspecified atom stereocenters. The van der Waals surface area contributed by atoms with Crippen molar-refractivity contribution in [3.05, 3.63) is 46.2 Å². The molecule has 154 valence electrons. The van der Waals surface area contributed by atoms with Crippen molar-refractivity contribution >= 4 is 33.3 Å². The van der Waals surface area contributed by atoms with Crippen LogP contribution in [0, 0.1) is 6.92 Å². The molecule has 0 saturated heterocycles. The average molecular weight is 441 g/mol. The first-order chi connectivity index (χ1) is 12.6. The number of rotatable bonds is 4. The number of hydrogen-bond donors (Lipinski definition) is 3. The molecule has 2 rings (SSSR count). The Hall–Kier alpha value is -2.24. The number of benzene rings is 1. The lowest BCUT2D eigenvalue weighted by Gasteiger charge is -2.17. The number of hydrogen-bond acceptors (Lipinski definition) is 5. The van der Waals surface area contributed by atoms with E-state index in [9.17, 15) is 31.5 Å².